The molecule has 0 aromatic heterocycles. The van der Waals surface area contributed by atoms with Crippen LogP contribution >= 0.6 is 0 Å². The van der Waals surface area contributed by atoms with Crippen molar-refractivity contribution in [3.63, 3.8) is 0 Å². The van der Waals surface area contributed by atoms with E-state index in [-0.39, 0.29) is 64.9 Å². The minimum atomic E-state index is 0. The quantitative estimate of drug-likeness (QED) is 0.357. The third-order valence-electron chi connectivity index (χ3n) is 0. The molecule has 4 heteroatoms. The fourth-order valence-electron chi connectivity index (χ4n) is 0. The second kappa shape index (κ2) is 21.0. The Morgan fingerprint density at radius 1 is 1.00 bits per heavy atom. The molecule has 0 aromatic rings. The van der Waals surface area contributed by atoms with Crippen molar-refractivity contribution in [2.24, 2.45) is 0 Å². The van der Waals surface area contributed by atoms with E-state index in [4.69, 9.17) is 0 Å². The standard InChI is InChI=1S/Al.B.Cr.Ti.3H. The first-order chi connectivity index (χ1) is 0. The van der Waals surface area contributed by atoms with Gasteiger partial charge in [0, 0.05) is 47.5 Å². The van der Waals surface area contributed by atoms with E-state index < -0.39 is 0 Å². The Morgan fingerprint density at radius 3 is 1.00 bits per heavy atom. The number of hydrogen-bond acceptors (Lipinski definition) is 0. The van der Waals surface area contributed by atoms with Gasteiger partial charge in [-0.3, -0.25) is 0 Å². The molecule has 0 atom stereocenters. The Labute approximate surface area is 64.4 Å². The summed E-state index contributed by atoms with van der Waals surface area (Å²) < 4.78 is 0. The van der Waals surface area contributed by atoms with Gasteiger partial charge in [-0.05, 0) is 0 Å². The number of hydrogen-bond donors (Lipinski definition) is 0. The molecular formula is H3AlBCrTi. The van der Waals surface area contributed by atoms with Gasteiger partial charge in [0.1, 0.15) is 0 Å². The average molecular weight is 141 g/mol. The van der Waals surface area contributed by atoms with Crippen molar-refractivity contribution < 1.29 is 39.1 Å². The maximum atomic E-state index is 0. The van der Waals surface area contributed by atoms with Crippen LogP contribution in [0.15, 0.2) is 0 Å². The summed E-state index contributed by atoms with van der Waals surface area (Å²) in [7, 11) is 0. The summed E-state index contributed by atoms with van der Waals surface area (Å²) in [6.45, 7) is 0. The van der Waals surface area contributed by atoms with E-state index in [9.17, 15) is 0 Å². The molecule has 0 nitrogen and oxygen atoms in total. The van der Waals surface area contributed by atoms with Crippen LogP contribution in [0.3, 0.4) is 0 Å². The summed E-state index contributed by atoms with van der Waals surface area (Å²) in [5.74, 6) is 0. The molecule has 0 aliphatic heterocycles. The molecule has 0 aliphatic rings. The monoisotopic (exact) mass is 141 g/mol. The molecule has 0 aliphatic carbocycles. The van der Waals surface area contributed by atoms with Gasteiger partial charge in [-0.25, -0.2) is 0 Å². The molecule has 0 rings (SSSR count). The largest absolute Gasteiger partial charge is 0.187 e. The summed E-state index contributed by atoms with van der Waals surface area (Å²) in [6.07, 6.45) is 0. The SMILES string of the molecule is [AlH3].[B].[Cr].[Ti]. The van der Waals surface area contributed by atoms with Crippen molar-refractivity contribution in [3.8, 4) is 0 Å². The Balaban J connectivity index is 0. The van der Waals surface area contributed by atoms with Crippen molar-refractivity contribution >= 4 is 25.8 Å². The van der Waals surface area contributed by atoms with Crippen LogP contribution in [0.4, 0.5) is 0 Å². The van der Waals surface area contributed by atoms with Gasteiger partial charge in [0.25, 0.3) is 0 Å². The van der Waals surface area contributed by atoms with E-state index in [1.165, 1.54) is 0 Å². The third kappa shape index (κ3) is 9.14. The fraction of sp³-hybridized carbons (Fsp3) is 0. The van der Waals surface area contributed by atoms with Crippen molar-refractivity contribution in [2.45, 2.75) is 0 Å². The molecule has 0 saturated carbocycles. The molecule has 0 unspecified atom stereocenters. The van der Waals surface area contributed by atoms with Crippen LogP contribution in [0, 0.1) is 0 Å². The van der Waals surface area contributed by atoms with Crippen LogP contribution in [0.5, 0.6) is 0 Å². The van der Waals surface area contributed by atoms with Crippen LogP contribution in [-0.4, -0.2) is 25.8 Å². The van der Waals surface area contributed by atoms with Crippen molar-refractivity contribution in [3.05, 3.63) is 0 Å². The zero-order valence-corrected chi connectivity index (χ0v) is 4.32. The fourth-order valence-corrected chi connectivity index (χ4v) is 0. The van der Waals surface area contributed by atoms with E-state index in [2.05, 4.69) is 0 Å². The minimum absolute atomic E-state index is 0. The molecule has 0 bridgehead atoms. The molecule has 3 radical (unpaired) electrons. The molecule has 4 heavy (non-hydrogen) atoms. The van der Waals surface area contributed by atoms with Gasteiger partial charge >= 0.3 is 0 Å². The van der Waals surface area contributed by atoms with Crippen LogP contribution in [0.2, 0.25) is 0 Å². The van der Waals surface area contributed by atoms with E-state index in [0.717, 1.165) is 0 Å². The zero-order chi connectivity index (χ0) is 0. The summed E-state index contributed by atoms with van der Waals surface area (Å²) in [5, 5.41) is 0. The van der Waals surface area contributed by atoms with E-state index >= 15 is 0 Å². The first kappa shape index (κ1) is 40.3. The van der Waals surface area contributed by atoms with Crippen molar-refractivity contribution in [1.29, 1.82) is 0 Å². The third-order valence-corrected chi connectivity index (χ3v) is 0. The molecule has 19 valence electrons. The summed E-state index contributed by atoms with van der Waals surface area (Å²) in [4.78, 5) is 0. The molecule has 0 fully saturated rings. The normalized spacial score (nSPS) is 0. The van der Waals surface area contributed by atoms with Gasteiger partial charge in [0.2, 0.25) is 0 Å². The predicted octanol–water partition coefficient (Wildman–Crippen LogP) is -1.57. The van der Waals surface area contributed by atoms with Crippen LogP contribution in [0.1, 0.15) is 0 Å². The second-order valence-corrected chi connectivity index (χ2v) is 0. The van der Waals surface area contributed by atoms with E-state index in [0.29, 0.717) is 0 Å². The predicted molar refractivity (Wildman–Crippen MR) is 15.7 cm³/mol. The Hall–Kier alpha value is 1.84. The van der Waals surface area contributed by atoms with Gasteiger partial charge < -0.3 is 0 Å². The van der Waals surface area contributed by atoms with Crippen molar-refractivity contribution in [2.75, 3.05) is 0 Å². The van der Waals surface area contributed by atoms with Gasteiger partial charge in [0.05, 0.1) is 0 Å². The van der Waals surface area contributed by atoms with Gasteiger partial charge in [-0.1, -0.05) is 0 Å². The summed E-state index contributed by atoms with van der Waals surface area (Å²) in [6, 6.07) is 0. The molecule has 0 saturated heterocycles. The zero-order valence-electron chi connectivity index (χ0n) is 1.49. The Kier molecular flexibility index (Phi) is 212. The van der Waals surface area contributed by atoms with Crippen LogP contribution in [0.25, 0.3) is 0 Å². The second-order valence-electron chi connectivity index (χ2n) is 0. The maximum absolute atomic E-state index is 0. The molecular weight excluding hydrogens is 138 g/mol. The molecule has 0 heterocycles. The maximum Gasteiger partial charge on any atom is 0.187 e. The minimum Gasteiger partial charge on any atom is 0 e. The first-order valence-electron chi connectivity index (χ1n) is 0. The molecule has 0 spiro atoms. The number of rotatable bonds is 0. The molecule has 0 N–H and O–H groups in total. The van der Waals surface area contributed by atoms with Crippen molar-refractivity contribution in [1.82, 2.24) is 0 Å². The van der Waals surface area contributed by atoms with Gasteiger partial charge in [-0.2, -0.15) is 0 Å². The Bertz CT molecular complexity index is 8.00. The smallest absolute Gasteiger partial charge is 0 e. The average Bonchev–Trinajstić information content (AvgIpc) is 0. The Morgan fingerprint density at radius 2 is 1.00 bits per heavy atom. The van der Waals surface area contributed by atoms with Crippen LogP contribution < -0.4 is 0 Å². The van der Waals surface area contributed by atoms with Gasteiger partial charge in [0.15, 0.2) is 17.4 Å². The topological polar surface area (TPSA) is 0 Å². The first-order valence-corrected chi connectivity index (χ1v) is 0. The van der Waals surface area contributed by atoms with Crippen LogP contribution in [-0.2, 0) is 39.1 Å². The molecule has 0 aromatic carbocycles. The van der Waals surface area contributed by atoms with E-state index in [1.807, 2.05) is 0 Å². The molecule has 0 amide bonds. The summed E-state index contributed by atoms with van der Waals surface area (Å²) >= 11 is 0. The summed E-state index contributed by atoms with van der Waals surface area (Å²) in [5.41, 5.74) is 0. The van der Waals surface area contributed by atoms with E-state index in [1.54, 1.807) is 0 Å². The van der Waals surface area contributed by atoms with Gasteiger partial charge in [-0.15, -0.1) is 0 Å².